The van der Waals surface area contributed by atoms with Crippen LogP contribution in [0.5, 0.6) is 11.5 Å². The summed E-state index contributed by atoms with van der Waals surface area (Å²) in [5.74, 6) is -1.29. The molecule has 2 amide bonds. The van der Waals surface area contributed by atoms with Gasteiger partial charge in [-0.05, 0) is 90.0 Å². The van der Waals surface area contributed by atoms with Gasteiger partial charge in [0, 0.05) is 239 Å². The first-order valence-corrected chi connectivity index (χ1v) is 33.5. The highest BCUT2D eigenvalue weighted by Gasteiger charge is 2.28. The summed E-state index contributed by atoms with van der Waals surface area (Å²) in [7, 11) is 0. The van der Waals surface area contributed by atoms with Crippen LogP contribution in [-0.2, 0) is 13.1 Å². The summed E-state index contributed by atoms with van der Waals surface area (Å²) >= 11 is 3.27. The van der Waals surface area contributed by atoms with Crippen LogP contribution in [0.1, 0.15) is 39.3 Å². The van der Waals surface area contributed by atoms with Gasteiger partial charge in [-0.3, -0.25) is 54.4 Å². The summed E-state index contributed by atoms with van der Waals surface area (Å²) in [4.78, 5) is 72.6. The standard InChI is InChI=1S/C16H16N4O4.C16H18N4O2.C16H19N3.C11H16N2.C9H13N3.C5H4BrN.CH4/c21-15-13(2-1-3-14(15)20(23)24)16(22)19-10-8-18(9-11-19)12-4-6-17-7-5-12;17-14-3-1-2-13(15(14)21)16(22)20-10-8-19(9-11-20)12-4-6-18-7-5-12;1-2-4-15(5-3-1)14-18-10-12-19(13-11-18)16-6-8-17-9-7-16;1-2-4-11(5-3-1)10-13-8-6-12-7-9-13;1-3-10-4-2-9(1)12-7-5-11-6-8-12;6-5-1-3-7-4-2-5;/h1-7,21H,8-11H2;1-7,21H,8-11,17H2;1-9H,10-14H2;1-5,12H,6-10H2;1-4,11H,5-8H2;1-4H;1H4. The van der Waals surface area contributed by atoms with Crippen molar-refractivity contribution >= 4 is 61.9 Å². The predicted octanol–water partition coefficient (Wildman–Crippen LogP) is 9.46. The minimum absolute atomic E-state index is 0. The summed E-state index contributed by atoms with van der Waals surface area (Å²) in [5, 5.41) is 37.5. The van der Waals surface area contributed by atoms with Gasteiger partial charge in [0.2, 0.25) is 5.75 Å². The van der Waals surface area contributed by atoms with Crippen LogP contribution in [0.15, 0.2) is 224 Å². The highest BCUT2D eigenvalue weighted by Crippen LogP contribution is 2.31. The van der Waals surface area contributed by atoms with Gasteiger partial charge < -0.3 is 56.0 Å². The molecule has 5 fully saturated rings. The Morgan fingerprint density at radius 2 is 0.745 bits per heavy atom. The number of nitrogens with zero attached hydrogens (tertiary/aromatic N) is 14. The lowest BCUT2D eigenvalue weighted by Gasteiger charge is -2.36. The summed E-state index contributed by atoms with van der Waals surface area (Å²) in [6, 6.07) is 50.0. The number of aromatic hydroxyl groups is 2. The average Bonchev–Trinajstić information content (AvgIpc) is 0.826. The Labute approximate surface area is 583 Å². The third-order valence-electron chi connectivity index (χ3n) is 16.8. The molecule has 98 heavy (non-hydrogen) atoms. The lowest BCUT2D eigenvalue weighted by atomic mass is 10.1. The predicted molar refractivity (Wildman–Crippen MR) is 393 cm³/mol. The fraction of sp³-hybridized carbons (Fsp3) is 0.311. The second-order valence-corrected chi connectivity index (χ2v) is 24.1. The number of para-hydroxylation sites is 2. The van der Waals surface area contributed by atoms with Crippen LogP contribution in [0.2, 0.25) is 0 Å². The highest BCUT2D eigenvalue weighted by molar-refractivity contribution is 9.10. The van der Waals surface area contributed by atoms with E-state index in [9.17, 15) is 29.9 Å². The van der Waals surface area contributed by atoms with Gasteiger partial charge in [-0.1, -0.05) is 96.2 Å². The van der Waals surface area contributed by atoms with Crippen molar-refractivity contribution in [1.82, 2.24) is 55.2 Å². The Morgan fingerprint density at radius 3 is 1.11 bits per heavy atom. The molecule has 5 saturated heterocycles. The Morgan fingerprint density at radius 1 is 0.418 bits per heavy atom. The molecule has 0 bridgehead atoms. The number of phenols is 2. The number of hydrogen-bond acceptors (Lipinski definition) is 20. The van der Waals surface area contributed by atoms with Gasteiger partial charge in [-0.25, -0.2) is 0 Å². The molecular formula is C74H90BrN17O6. The Hall–Kier alpha value is -10.1. The number of nitrogens with one attached hydrogen (secondary N) is 2. The van der Waals surface area contributed by atoms with E-state index in [0.29, 0.717) is 39.3 Å². The summed E-state index contributed by atoms with van der Waals surface area (Å²) in [6.45, 7) is 20.5. The molecule has 10 heterocycles. The fourth-order valence-corrected chi connectivity index (χ4v) is 11.7. The van der Waals surface area contributed by atoms with Gasteiger partial charge in [0.1, 0.15) is 0 Å². The Balaban J connectivity index is 0.000000155. The van der Waals surface area contributed by atoms with Crippen molar-refractivity contribution in [2.75, 3.05) is 156 Å². The van der Waals surface area contributed by atoms with Crippen molar-refractivity contribution in [2.45, 2.75) is 20.5 Å². The molecule has 514 valence electrons. The number of amides is 2. The number of benzene rings is 4. The maximum atomic E-state index is 12.6. The number of carbonyl (C=O) groups excluding carboxylic acids is 2. The summed E-state index contributed by atoms with van der Waals surface area (Å²) < 4.78 is 1.07. The summed E-state index contributed by atoms with van der Waals surface area (Å²) in [6.07, 6.45) is 17.9. The number of phenolic OH excluding ortho intramolecular Hbond substituents is 2. The molecule has 0 spiro atoms. The molecule has 5 aliphatic rings. The molecule has 0 saturated carbocycles. The van der Waals surface area contributed by atoms with Crippen molar-refractivity contribution in [3.8, 4) is 11.5 Å². The van der Waals surface area contributed by atoms with Gasteiger partial charge in [0.15, 0.2) is 5.75 Å². The molecule has 6 N–H and O–H groups in total. The molecular weight excluding hydrogens is 1300 g/mol. The molecule has 5 aromatic heterocycles. The van der Waals surface area contributed by atoms with Gasteiger partial charge in [-0.15, -0.1) is 0 Å². The molecule has 0 radical (unpaired) electrons. The number of rotatable bonds is 11. The molecule has 0 unspecified atom stereocenters. The largest absolute Gasteiger partial charge is 0.505 e. The van der Waals surface area contributed by atoms with Gasteiger partial charge in [-0.2, -0.15) is 0 Å². The molecule has 9 aromatic rings. The number of nitrogen functional groups attached to an aromatic ring is 1. The SMILES string of the molecule is Brc1ccncc1.C.Nc1cccc(C(=O)N2CCN(c3ccncc3)CC2)c1O.O=C(c1cccc([N+](=O)[O-])c1O)N1CCN(c2ccncc2)CC1.c1cc(N2CCNCC2)ccn1.c1ccc(CN2CCN(c3ccncc3)CC2)cc1.c1ccc(CN2CCNCC2)cc1. The van der Waals surface area contributed by atoms with Crippen LogP contribution in [0, 0.1) is 10.1 Å². The maximum Gasteiger partial charge on any atom is 0.311 e. The topological polar surface area (TPSA) is 258 Å². The molecule has 4 aromatic carbocycles. The van der Waals surface area contributed by atoms with Crippen LogP contribution in [0.3, 0.4) is 0 Å². The fourth-order valence-electron chi connectivity index (χ4n) is 11.5. The van der Waals surface area contributed by atoms with Crippen molar-refractivity contribution in [3.05, 3.63) is 257 Å². The smallest absolute Gasteiger partial charge is 0.311 e. The lowest BCUT2D eigenvalue weighted by molar-refractivity contribution is -0.385. The Kier molecular flexibility index (Phi) is 29.9. The first-order valence-electron chi connectivity index (χ1n) is 32.7. The van der Waals surface area contributed by atoms with Crippen molar-refractivity contribution < 1.29 is 24.7 Å². The third kappa shape index (κ3) is 23.0. The average molecular weight is 1390 g/mol. The third-order valence-corrected chi connectivity index (χ3v) is 17.3. The van der Waals surface area contributed by atoms with E-state index in [4.69, 9.17) is 5.73 Å². The monoisotopic (exact) mass is 1390 g/mol. The number of hydrogen-bond donors (Lipinski definition) is 5. The number of aromatic nitrogens is 5. The molecule has 0 atom stereocenters. The van der Waals surface area contributed by atoms with Gasteiger partial charge >= 0.3 is 5.69 Å². The molecule has 14 rings (SSSR count). The second-order valence-electron chi connectivity index (χ2n) is 23.2. The van der Waals surface area contributed by atoms with Crippen LogP contribution >= 0.6 is 15.9 Å². The van der Waals surface area contributed by atoms with Crippen LogP contribution in [0.25, 0.3) is 0 Å². The van der Waals surface area contributed by atoms with E-state index in [1.165, 1.54) is 53.8 Å². The zero-order chi connectivity index (χ0) is 67.8. The van der Waals surface area contributed by atoms with E-state index in [1.54, 1.807) is 65.2 Å². The number of piperazine rings is 5. The molecule has 0 aliphatic carbocycles. The second kappa shape index (κ2) is 39.8. The van der Waals surface area contributed by atoms with E-state index in [2.05, 4.69) is 166 Å². The number of nitro groups is 1. The molecule has 5 aliphatic heterocycles. The van der Waals surface area contributed by atoms with E-state index in [-0.39, 0.29) is 35.9 Å². The minimum Gasteiger partial charge on any atom is -0.505 e. The van der Waals surface area contributed by atoms with Crippen LogP contribution in [0.4, 0.5) is 34.1 Å². The first kappa shape index (κ1) is 73.7. The summed E-state index contributed by atoms with van der Waals surface area (Å²) in [5.41, 5.74) is 13.2. The van der Waals surface area contributed by atoms with Gasteiger partial charge in [0.25, 0.3) is 11.8 Å². The van der Waals surface area contributed by atoms with E-state index in [0.717, 1.165) is 107 Å². The van der Waals surface area contributed by atoms with Crippen LogP contribution in [-0.4, -0.2) is 202 Å². The number of nitro benzene ring substituents is 1. The number of anilines is 5. The van der Waals surface area contributed by atoms with E-state index in [1.807, 2.05) is 61.2 Å². The highest BCUT2D eigenvalue weighted by atomic mass is 79.9. The normalized spacial score (nSPS) is 15.4. The minimum atomic E-state index is -0.701. The number of nitrogens with two attached hydrogens (primary N) is 1. The van der Waals surface area contributed by atoms with E-state index >= 15 is 0 Å². The quantitative estimate of drug-likeness (QED) is 0.0349. The number of carbonyl (C=O) groups is 2. The Bertz CT molecular complexity index is 3740. The van der Waals surface area contributed by atoms with Gasteiger partial charge in [0.05, 0.1) is 21.7 Å². The maximum absolute atomic E-state index is 12.6. The zero-order valence-electron chi connectivity index (χ0n) is 54.6. The van der Waals surface area contributed by atoms with Crippen molar-refractivity contribution in [3.63, 3.8) is 0 Å². The number of halogens is 1. The van der Waals surface area contributed by atoms with Crippen molar-refractivity contribution in [2.24, 2.45) is 0 Å². The lowest BCUT2D eigenvalue weighted by Crippen LogP contribution is -2.48. The van der Waals surface area contributed by atoms with E-state index < -0.39 is 22.3 Å². The first-order chi connectivity index (χ1) is 47.5. The molecule has 23 nitrogen and oxygen atoms in total. The van der Waals surface area contributed by atoms with Crippen LogP contribution < -0.4 is 36.0 Å². The zero-order valence-corrected chi connectivity index (χ0v) is 56.2. The van der Waals surface area contributed by atoms with Crippen molar-refractivity contribution in [1.29, 1.82) is 0 Å². The number of pyridine rings is 5. The molecule has 24 heteroatoms.